The van der Waals surface area contributed by atoms with E-state index in [4.69, 9.17) is 36.0 Å². The summed E-state index contributed by atoms with van der Waals surface area (Å²) in [4.78, 5) is 196. The third-order valence-corrected chi connectivity index (χ3v) is 17.7. The Morgan fingerprint density at radius 3 is 1.47 bits per heavy atom. The molecule has 0 spiro atoms. The number of aliphatic carboxylic acids is 1. The Kier molecular flexibility index (Phi) is 43.3. The molecule has 1 saturated heterocycles. The summed E-state index contributed by atoms with van der Waals surface area (Å²) in [6.07, 6.45) is -0.540. The van der Waals surface area contributed by atoms with Gasteiger partial charge in [0.2, 0.25) is 76.8 Å². The average molecular weight is 1800 g/mol. The first-order valence-corrected chi connectivity index (χ1v) is 40.9. The van der Waals surface area contributed by atoms with Crippen molar-refractivity contribution in [3.8, 4) is 11.5 Å². The Hall–Kier alpha value is -9.28. The van der Waals surface area contributed by atoms with Crippen LogP contribution in [0.1, 0.15) is 89.8 Å². The maximum absolute atomic E-state index is 14.7. The first kappa shape index (κ1) is 97.8. The van der Waals surface area contributed by atoms with E-state index in [1.807, 2.05) is 0 Å². The molecule has 42 heteroatoms. The van der Waals surface area contributed by atoms with Crippen molar-refractivity contribution in [2.75, 3.05) is 38.6 Å². The zero-order valence-corrected chi connectivity index (χ0v) is 66.5. The first-order chi connectivity index (χ1) is 51.6. The third-order valence-electron chi connectivity index (χ3n) is 17.4. The van der Waals surface area contributed by atoms with Crippen molar-refractivity contribution in [3.05, 3.63) is 95.7 Å². The van der Waals surface area contributed by atoms with Gasteiger partial charge >= 0.3 is 41.3 Å². The number of fused-ring (bicyclic) bond motifs is 1. The monoisotopic (exact) mass is 1800 g/mol. The summed E-state index contributed by atoms with van der Waals surface area (Å²) in [7, 11) is 9.75. The van der Waals surface area contributed by atoms with Crippen LogP contribution in [0.25, 0.3) is 10.9 Å². The zero-order chi connectivity index (χ0) is 81.4. The van der Waals surface area contributed by atoms with Crippen molar-refractivity contribution in [2.45, 2.75) is 171 Å². The molecule has 620 valence electrons. The number of aliphatic hydroxyl groups is 3. The summed E-state index contributed by atoms with van der Waals surface area (Å²) in [6, 6.07) is -0.848. The number of H-pyrrole nitrogens is 1. The van der Waals surface area contributed by atoms with Crippen LogP contribution in [-0.4, -0.2) is 240 Å². The number of likely N-dealkylation sites (tertiary alicyclic amines) is 1. The fourth-order valence-electron chi connectivity index (χ4n) is 11.5. The molecule has 38 nitrogen and oxygen atoms in total. The van der Waals surface area contributed by atoms with Gasteiger partial charge in [0.15, 0.2) is 0 Å². The summed E-state index contributed by atoms with van der Waals surface area (Å²) in [5, 5.41) is 88.6. The Morgan fingerprint density at radius 1 is 0.559 bits per heavy atom. The number of benzene rings is 3. The van der Waals surface area contributed by atoms with Crippen LogP contribution < -0.4 is 88.0 Å². The molecule has 30 N–H and O–H groups in total. The Balaban J connectivity index is 0.00000822. The number of carboxylic acids is 1. The van der Waals surface area contributed by atoms with Gasteiger partial charge in [-0.2, -0.15) is 12.6 Å². The molecule has 2 heterocycles. The molecule has 5 rings (SSSR count). The number of hydrogen-bond acceptors (Lipinski definition) is 24. The normalized spacial score (nSPS) is 15.6. The molecule has 13 atom stereocenters. The van der Waals surface area contributed by atoms with Crippen LogP contribution in [0.4, 0.5) is 0 Å². The molecular weight excluding hydrogens is 1700 g/mol. The second kappa shape index (κ2) is 49.2. The van der Waals surface area contributed by atoms with E-state index in [9.17, 15) is 97.8 Å². The molecule has 13 amide bonds. The van der Waals surface area contributed by atoms with Crippen molar-refractivity contribution in [2.24, 2.45) is 29.0 Å². The number of primary amides is 1. The number of nitrogens with zero attached hydrogens (tertiary/aromatic N) is 1. The predicted octanol–water partition coefficient (Wildman–Crippen LogP) is -3.71. The Labute approximate surface area is 662 Å². The number of carbonyl (C=O) groups excluding carboxylic acids is 13. The van der Waals surface area contributed by atoms with Crippen LogP contribution in [0, 0.1) is 11.8 Å². The number of aromatic amines is 1. The predicted molar refractivity (Wildman–Crippen MR) is 406 cm³/mol. The van der Waals surface area contributed by atoms with Gasteiger partial charge in [0.25, 0.3) is 0 Å². The number of phenols is 2. The second-order valence-corrected chi connectivity index (χ2v) is 30.0. The molecule has 3 aromatic carbocycles. The number of hydrogen-bond donors (Lipinski definition) is 24. The van der Waals surface area contributed by atoms with Gasteiger partial charge in [0.1, 0.15) is 84.0 Å². The Morgan fingerprint density at radius 2 is 0.991 bits per heavy atom. The van der Waals surface area contributed by atoms with Gasteiger partial charge in [-0.05, 0) is 104 Å². The van der Waals surface area contributed by atoms with E-state index < -0.39 is 222 Å². The number of amides is 13. The van der Waals surface area contributed by atoms with Gasteiger partial charge in [0.05, 0.1) is 32.3 Å². The summed E-state index contributed by atoms with van der Waals surface area (Å²) < 4.78 is 0. The number of unbranched alkanes of at least 4 members (excludes halogenated alkanes) is 1. The number of carbonyl (C=O) groups is 14. The van der Waals surface area contributed by atoms with E-state index in [2.05, 4.69) is 76.1 Å². The van der Waals surface area contributed by atoms with Crippen molar-refractivity contribution in [1.29, 1.82) is 0 Å². The number of halogens is 2. The molecule has 1 fully saturated rings. The number of aromatic hydroxyl groups is 2. The summed E-state index contributed by atoms with van der Waals surface area (Å²) in [5.41, 5.74) is 18.4. The average Bonchev–Trinajstić information content (AvgIpc) is 1.72. The van der Waals surface area contributed by atoms with E-state index in [1.165, 1.54) is 69.3 Å². The summed E-state index contributed by atoms with van der Waals surface area (Å²) in [6.45, 7) is 4.92. The molecule has 0 saturated carbocycles. The van der Waals surface area contributed by atoms with Crippen LogP contribution in [0.5, 0.6) is 11.5 Å². The molecule has 111 heavy (non-hydrogen) atoms. The Bertz CT molecular complexity index is 3780. The zero-order valence-electron chi connectivity index (χ0n) is 61.8. The van der Waals surface area contributed by atoms with Crippen molar-refractivity contribution < 1.29 is 114 Å². The quantitative estimate of drug-likeness (QED) is 0.0150. The van der Waals surface area contributed by atoms with Gasteiger partial charge < -0.3 is 129 Å². The van der Waals surface area contributed by atoms with E-state index in [0.717, 1.165) is 4.90 Å². The topological polar surface area (TPSA) is 660 Å². The van der Waals surface area contributed by atoms with Crippen LogP contribution in [0.2, 0.25) is 0 Å². The minimum atomic E-state index is -1.85. The van der Waals surface area contributed by atoms with Gasteiger partial charge in [-0.25, -0.2) is 4.79 Å². The van der Waals surface area contributed by atoms with Crippen molar-refractivity contribution >= 4 is 125 Å². The van der Waals surface area contributed by atoms with Gasteiger partial charge in [0, 0.05) is 48.7 Å². The van der Waals surface area contributed by atoms with Gasteiger partial charge in [-0.15, -0.1) is 0 Å². The van der Waals surface area contributed by atoms with Crippen LogP contribution in [0.15, 0.2) is 79.0 Å². The summed E-state index contributed by atoms with van der Waals surface area (Å²) >= 11 is 3.77. The minimum absolute atomic E-state index is 0. The maximum atomic E-state index is 14.7. The van der Waals surface area contributed by atoms with E-state index in [-0.39, 0.29) is 75.4 Å². The molecule has 0 aliphatic carbocycles. The molecule has 0 unspecified atom stereocenters. The number of nitrogens with one attached hydrogen (secondary N) is 12. The van der Waals surface area contributed by atoms with Crippen molar-refractivity contribution in [3.63, 3.8) is 0 Å². The first-order valence-electron chi connectivity index (χ1n) is 34.6. The number of carboxylic acid groups (broad SMARTS) is 1. The SMILES string of the molecule is CC(C)[C@H](NC(=O)[C@H](Cc1c[nH]c2ccccc12)NC(=O)[C@@H]1CCCN1C(=O)[C@@H](NC(=O)[C@@H](NC(=O)[C@H](CO)NC(=O)[C@H](CS)NC(=O)[C@H](Cc1ccc(O)cc1)NC(=O)[C@H](Cc1ccc(O)cc1)NC(=O)[C@H](CC(N)=O)NC(=O)CN)C(C)C)[C@@H](C)O)C(=O)N[C@@H](CCCCN)C(=O)N[C@@H](CO)C(=O)O.N.N.[Cl][Pt][Cl]. The van der Waals surface area contributed by atoms with E-state index in [1.54, 1.807) is 44.3 Å². The van der Waals surface area contributed by atoms with Gasteiger partial charge in [-0.3, -0.25) is 62.3 Å². The van der Waals surface area contributed by atoms with Crippen LogP contribution in [-0.2, 0) is 103 Å². The van der Waals surface area contributed by atoms with Gasteiger partial charge in [-0.1, -0.05) is 70.2 Å². The number of para-hydroxylation sites is 1. The molecule has 4 aromatic rings. The molecule has 1 aromatic heterocycles. The molecule has 0 bridgehead atoms. The molecule has 1 aliphatic rings. The molecule has 1 aliphatic heterocycles. The number of aliphatic hydroxyl groups excluding tert-OH is 3. The number of aromatic nitrogens is 1. The number of nitrogens with two attached hydrogens (primary N) is 3. The third kappa shape index (κ3) is 31.1. The number of thiol groups is 1. The molecular formula is C69H104Cl2N18O20PtS. The second-order valence-electron chi connectivity index (χ2n) is 26.3. The molecule has 0 radical (unpaired) electrons. The fraction of sp³-hybridized carbons (Fsp3) is 0.507. The number of rotatable bonds is 42. The standard InChI is InChI=1S/C69H98N16O20S.2ClH.2H3N.Pt/c1-34(2)55(66(101)75-44(13-8-9-23-70)58(93)80-50(32-87)69(104)105)82-62(97)47(27-39-30-73-43-12-7-6-11-42(39)43)78-65(100)52-14-10-24-85(52)68(103)57(36(5)88)84-67(102)56(35(3)4)83-63(98)49(31-86)79-64(99)51(33-106)81-60(95)46(26-38-17-21-41(90)22-18-38)76-59(94)45(25-37-15-19-40(89)20-16-37)77-61(96)48(28-53(72)91)74-54(92)29-71;;;;;/h6-7,11-12,15-22,30,34-36,44-52,55-57,73,86-90,106H,8-10,13-14,23-29,31-33,70-71H2,1-5H3,(H2,72,91)(H,74,92)(H,75,101)(H,76,94)(H,77,96)(H,78,100)(H,79,99)(H,80,93)(H,81,95)(H,82,97)(H,83,98)(H,84,102)(H,104,105);2*1H;2*1H3;/q;;;;;+2/p-2/t36-,44+,45+,46+,47+,48+,49+,50+,51+,52+,55+,56+,57+;;;;;/m1...../s1. The van der Waals surface area contributed by atoms with Crippen LogP contribution >= 0.6 is 31.5 Å². The van der Waals surface area contributed by atoms with E-state index >= 15 is 0 Å². The fourth-order valence-corrected chi connectivity index (χ4v) is 11.7. The van der Waals surface area contributed by atoms with E-state index in [0.29, 0.717) is 40.4 Å². The summed E-state index contributed by atoms with van der Waals surface area (Å²) in [5.74, 6) is -16.5. The number of phenolic OH excluding ortho intramolecular Hbond substituents is 2. The van der Waals surface area contributed by atoms with Crippen LogP contribution in [0.3, 0.4) is 0 Å². The van der Waals surface area contributed by atoms with Crippen molar-refractivity contribution in [1.82, 2.24) is 80.7 Å².